The van der Waals surface area contributed by atoms with Gasteiger partial charge in [-0.25, -0.2) is 0 Å². The summed E-state index contributed by atoms with van der Waals surface area (Å²) in [6, 6.07) is 8.14. The second kappa shape index (κ2) is 6.76. The molecule has 1 heterocycles. The quantitative estimate of drug-likeness (QED) is 0.872. The van der Waals surface area contributed by atoms with Gasteiger partial charge >= 0.3 is 0 Å². The number of hydrogen-bond acceptors (Lipinski definition) is 3. The Morgan fingerprint density at radius 2 is 2.11 bits per heavy atom. The van der Waals surface area contributed by atoms with Gasteiger partial charge in [0.05, 0.1) is 12.7 Å². The fraction of sp³-hybridized carbons (Fsp3) is 0.600. The fourth-order valence-electron chi connectivity index (χ4n) is 2.39. The van der Waals surface area contributed by atoms with Crippen molar-refractivity contribution in [3.8, 4) is 5.75 Å². The van der Waals surface area contributed by atoms with E-state index in [1.807, 2.05) is 19.1 Å². The summed E-state index contributed by atoms with van der Waals surface area (Å²) in [5.74, 6) is 0.905. The molecule has 1 aromatic carbocycles. The van der Waals surface area contributed by atoms with E-state index in [4.69, 9.17) is 15.2 Å². The predicted octanol–water partition coefficient (Wildman–Crippen LogP) is 3.04. The summed E-state index contributed by atoms with van der Waals surface area (Å²) in [7, 11) is 0. The maximum Gasteiger partial charge on any atom is 0.119 e. The number of benzene rings is 1. The number of ether oxygens (including phenoxy) is 2. The molecule has 2 rings (SSSR count). The molecule has 0 radical (unpaired) electrons. The van der Waals surface area contributed by atoms with E-state index in [2.05, 4.69) is 12.1 Å². The van der Waals surface area contributed by atoms with Gasteiger partial charge in [-0.2, -0.15) is 0 Å². The van der Waals surface area contributed by atoms with Gasteiger partial charge in [-0.15, -0.1) is 0 Å². The molecular formula is C15H23NO2. The van der Waals surface area contributed by atoms with Crippen LogP contribution in [0.4, 0.5) is 0 Å². The molecule has 3 nitrogen and oxygen atoms in total. The zero-order valence-electron chi connectivity index (χ0n) is 11.1. The van der Waals surface area contributed by atoms with Crippen molar-refractivity contribution in [3.63, 3.8) is 0 Å². The van der Waals surface area contributed by atoms with Crippen molar-refractivity contribution in [2.24, 2.45) is 5.73 Å². The average Bonchev–Trinajstić information content (AvgIpc) is 2.41. The third kappa shape index (κ3) is 3.72. The summed E-state index contributed by atoms with van der Waals surface area (Å²) < 4.78 is 11.2. The molecule has 1 aromatic rings. The Kier molecular flexibility index (Phi) is 5.02. The van der Waals surface area contributed by atoms with Crippen LogP contribution >= 0.6 is 0 Å². The summed E-state index contributed by atoms with van der Waals surface area (Å²) in [6.07, 6.45) is 4.84. The maximum atomic E-state index is 6.23. The van der Waals surface area contributed by atoms with E-state index in [-0.39, 0.29) is 6.04 Å². The van der Waals surface area contributed by atoms with Crippen molar-refractivity contribution in [1.82, 2.24) is 0 Å². The zero-order chi connectivity index (χ0) is 12.8. The minimum Gasteiger partial charge on any atom is -0.494 e. The number of nitrogens with two attached hydrogens (primary N) is 1. The molecule has 0 aromatic heterocycles. The summed E-state index contributed by atoms with van der Waals surface area (Å²) in [5, 5.41) is 0. The molecular weight excluding hydrogens is 226 g/mol. The molecule has 1 aliphatic heterocycles. The van der Waals surface area contributed by atoms with Crippen LogP contribution in [-0.2, 0) is 4.74 Å². The highest BCUT2D eigenvalue weighted by molar-refractivity contribution is 5.29. The minimum absolute atomic E-state index is 0.0591. The van der Waals surface area contributed by atoms with Crippen molar-refractivity contribution < 1.29 is 9.47 Å². The molecule has 0 amide bonds. The first-order valence-electron chi connectivity index (χ1n) is 6.89. The average molecular weight is 249 g/mol. The van der Waals surface area contributed by atoms with Crippen molar-refractivity contribution in [2.45, 2.75) is 44.8 Å². The van der Waals surface area contributed by atoms with Gasteiger partial charge in [0.1, 0.15) is 5.75 Å². The van der Waals surface area contributed by atoms with Crippen LogP contribution in [0.3, 0.4) is 0 Å². The predicted molar refractivity (Wildman–Crippen MR) is 72.7 cm³/mol. The van der Waals surface area contributed by atoms with E-state index in [0.717, 1.165) is 30.8 Å². The Morgan fingerprint density at radius 1 is 1.33 bits per heavy atom. The lowest BCUT2D eigenvalue weighted by Crippen LogP contribution is -2.24. The maximum absolute atomic E-state index is 6.23. The molecule has 2 unspecified atom stereocenters. The van der Waals surface area contributed by atoms with Crippen LogP contribution in [0.25, 0.3) is 0 Å². The first-order chi connectivity index (χ1) is 8.79. The third-order valence-electron chi connectivity index (χ3n) is 3.41. The van der Waals surface area contributed by atoms with Gasteiger partial charge in [0, 0.05) is 12.6 Å². The molecule has 0 bridgehead atoms. The van der Waals surface area contributed by atoms with Crippen molar-refractivity contribution in [3.05, 3.63) is 29.8 Å². The summed E-state index contributed by atoms with van der Waals surface area (Å²) in [4.78, 5) is 0. The summed E-state index contributed by atoms with van der Waals surface area (Å²) in [6.45, 7) is 3.57. The van der Waals surface area contributed by atoms with E-state index >= 15 is 0 Å². The molecule has 0 saturated carbocycles. The second-order valence-corrected chi connectivity index (χ2v) is 4.83. The van der Waals surface area contributed by atoms with E-state index in [9.17, 15) is 0 Å². The van der Waals surface area contributed by atoms with Crippen molar-refractivity contribution in [2.75, 3.05) is 13.2 Å². The Balaban J connectivity index is 1.89. The second-order valence-electron chi connectivity index (χ2n) is 4.83. The van der Waals surface area contributed by atoms with Gasteiger partial charge in [0.2, 0.25) is 0 Å². The van der Waals surface area contributed by atoms with Crippen LogP contribution in [0.2, 0.25) is 0 Å². The van der Waals surface area contributed by atoms with E-state index in [0.29, 0.717) is 12.7 Å². The molecule has 0 aliphatic carbocycles. The highest BCUT2D eigenvalue weighted by atomic mass is 16.5. The van der Waals surface area contributed by atoms with Crippen LogP contribution in [-0.4, -0.2) is 19.3 Å². The number of hydrogen-bond donors (Lipinski definition) is 1. The van der Waals surface area contributed by atoms with Gasteiger partial charge < -0.3 is 15.2 Å². The molecule has 18 heavy (non-hydrogen) atoms. The van der Waals surface area contributed by atoms with Gasteiger partial charge in [-0.1, -0.05) is 12.1 Å². The van der Waals surface area contributed by atoms with Crippen LogP contribution in [0.5, 0.6) is 5.75 Å². The molecule has 1 fully saturated rings. The van der Waals surface area contributed by atoms with Gasteiger partial charge in [0.15, 0.2) is 0 Å². The van der Waals surface area contributed by atoms with Crippen LogP contribution in [0.15, 0.2) is 24.3 Å². The molecule has 0 spiro atoms. The molecule has 1 saturated heterocycles. The highest BCUT2D eigenvalue weighted by Gasteiger charge is 2.18. The van der Waals surface area contributed by atoms with Crippen LogP contribution in [0.1, 0.15) is 44.2 Å². The van der Waals surface area contributed by atoms with E-state index < -0.39 is 0 Å². The first-order valence-corrected chi connectivity index (χ1v) is 6.89. The molecule has 2 atom stereocenters. The van der Waals surface area contributed by atoms with Crippen LogP contribution in [0, 0.1) is 0 Å². The molecule has 3 heteroatoms. The van der Waals surface area contributed by atoms with Gasteiger partial charge in [-0.3, -0.25) is 0 Å². The molecule has 2 N–H and O–H groups in total. The Bertz CT molecular complexity index is 344. The first kappa shape index (κ1) is 13.4. The Hall–Kier alpha value is -1.06. The third-order valence-corrected chi connectivity index (χ3v) is 3.41. The molecule has 100 valence electrons. The lowest BCUT2D eigenvalue weighted by atomic mass is 9.97. The summed E-state index contributed by atoms with van der Waals surface area (Å²) >= 11 is 0. The summed E-state index contributed by atoms with van der Waals surface area (Å²) in [5.41, 5.74) is 7.39. The lowest BCUT2D eigenvalue weighted by molar-refractivity contribution is 0.00729. The standard InChI is InChI=1S/C15H23NO2/c1-2-17-13-8-6-12(7-9-13)15(16)11-14-5-3-4-10-18-14/h6-9,14-15H,2-5,10-11,16H2,1H3. The minimum atomic E-state index is 0.0591. The van der Waals surface area contributed by atoms with Crippen molar-refractivity contribution >= 4 is 0 Å². The monoisotopic (exact) mass is 249 g/mol. The van der Waals surface area contributed by atoms with Crippen molar-refractivity contribution in [1.29, 1.82) is 0 Å². The van der Waals surface area contributed by atoms with E-state index in [1.165, 1.54) is 12.8 Å². The number of rotatable bonds is 5. The SMILES string of the molecule is CCOc1ccc(C(N)CC2CCCCO2)cc1. The van der Waals surface area contributed by atoms with E-state index in [1.54, 1.807) is 0 Å². The largest absolute Gasteiger partial charge is 0.494 e. The van der Waals surface area contributed by atoms with Gasteiger partial charge in [-0.05, 0) is 50.3 Å². The highest BCUT2D eigenvalue weighted by Crippen LogP contribution is 2.24. The fourth-order valence-corrected chi connectivity index (χ4v) is 2.39. The topological polar surface area (TPSA) is 44.5 Å². The van der Waals surface area contributed by atoms with Gasteiger partial charge in [0.25, 0.3) is 0 Å². The lowest BCUT2D eigenvalue weighted by Gasteiger charge is -2.25. The van der Waals surface area contributed by atoms with Crippen LogP contribution < -0.4 is 10.5 Å². The Labute approximate surface area is 109 Å². The Morgan fingerprint density at radius 3 is 2.72 bits per heavy atom. The molecule has 1 aliphatic rings. The smallest absolute Gasteiger partial charge is 0.119 e. The normalized spacial score (nSPS) is 21.6. The zero-order valence-corrected chi connectivity index (χ0v) is 11.1.